The van der Waals surface area contributed by atoms with Gasteiger partial charge in [0.1, 0.15) is 0 Å². The highest BCUT2D eigenvalue weighted by molar-refractivity contribution is 5.85. The maximum absolute atomic E-state index is 4.22. The topological polar surface area (TPSA) is 24.9 Å². The van der Waals surface area contributed by atoms with Gasteiger partial charge in [-0.15, -0.1) is 12.4 Å². The second kappa shape index (κ2) is 8.30. The van der Waals surface area contributed by atoms with Crippen LogP contribution in [0, 0.1) is 11.8 Å². The van der Waals surface area contributed by atoms with E-state index in [0.717, 1.165) is 17.8 Å². The van der Waals surface area contributed by atoms with Gasteiger partial charge in [-0.25, -0.2) is 0 Å². The molecule has 0 saturated heterocycles. The minimum absolute atomic E-state index is 0. The zero-order chi connectivity index (χ0) is 11.8. The average Bonchev–Trinajstić information content (AvgIpc) is 2.41. The first-order valence-electron chi connectivity index (χ1n) is 5.60. The monoisotopic (exact) mass is 258 g/mol. The number of aromatic nitrogens is 1. The van der Waals surface area contributed by atoms with E-state index in [4.69, 9.17) is 0 Å². The molecule has 18 heavy (non-hydrogen) atoms. The first kappa shape index (κ1) is 14.2. The summed E-state index contributed by atoms with van der Waals surface area (Å²) in [6.45, 7) is 1.43. The van der Waals surface area contributed by atoms with Gasteiger partial charge < -0.3 is 5.32 Å². The van der Waals surface area contributed by atoms with Gasteiger partial charge in [0.25, 0.3) is 0 Å². The van der Waals surface area contributed by atoms with E-state index in [1.165, 1.54) is 0 Å². The molecule has 1 aromatic heterocycles. The lowest BCUT2D eigenvalue weighted by Gasteiger charge is -1.98. The lowest BCUT2D eigenvalue weighted by atomic mass is 10.2. The van der Waals surface area contributed by atoms with Crippen molar-refractivity contribution in [2.75, 3.05) is 6.54 Å². The Bertz CT molecular complexity index is 500. The van der Waals surface area contributed by atoms with Crippen LogP contribution >= 0.6 is 12.4 Å². The van der Waals surface area contributed by atoms with Crippen LogP contribution in [0.5, 0.6) is 0 Å². The van der Waals surface area contributed by atoms with Crippen LogP contribution in [0.2, 0.25) is 0 Å². The Balaban J connectivity index is 0.00000162. The summed E-state index contributed by atoms with van der Waals surface area (Å²) in [5.74, 6) is 6.18. The number of rotatable bonds is 3. The number of pyridine rings is 1. The van der Waals surface area contributed by atoms with E-state index in [1.54, 1.807) is 6.20 Å². The van der Waals surface area contributed by atoms with Crippen LogP contribution < -0.4 is 5.32 Å². The quantitative estimate of drug-likeness (QED) is 0.676. The molecule has 0 atom stereocenters. The van der Waals surface area contributed by atoms with Crippen molar-refractivity contribution >= 4 is 12.4 Å². The van der Waals surface area contributed by atoms with Gasteiger partial charge in [-0.1, -0.05) is 36.1 Å². The van der Waals surface area contributed by atoms with Crippen molar-refractivity contribution in [3.63, 3.8) is 0 Å². The second-order valence-corrected chi connectivity index (χ2v) is 3.59. The minimum atomic E-state index is 0. The Kier molecular flexibility index (Phi) is 6.56. The van der Waals surface area contributed by atoms with E-state index in [9.17, 15) is 0 Å². The largest absolute Gasteiger partial charge is 0.301 e. The van der Waals surface area contributed by atoms with Crippen LogP contribution in [-0.2, 0) is 6.54 Å². The summed E-state index contributed by atoms with van der Waals surface area (Å²) >= 11 is 0. The number of hydrogen-bond acceptors (Lipinski definition) is 2. The van der Waals surface area contributed by atoms with Crippen LogP contribution in [-0.4, -0.2) is 11.5 Å². The molecular formula is C15H15ClN2. The number of nitrogens with zero attached hydrogens (tertiary/aromatic N) is 1. The normalized spacial score (nSPS) is 8.89. The molecule has 0 amide bonds. The van der Waals surface area contributed by atoms with Crippen LogP contribution in [0.4, 0.5) is 0 Å². The van der Waals surface area contributed by atoms with E-state index in [1.807, 2.05) is 48.5 Å². The molecule has 0 radical (unpaired) electrons. The maximum atomic E-state index is 4.22. The lowest BCUT2D eigenvalue weighted by Crippen LogP contribution is -2.13. The van der Waals surface area contributed by atoms with Gasteiger partial charge in [-0.05, 0) is 24.3 Å². The second-order valence-electron chi connectivity index (χ2n) is 3.59. The summed E-state index contributed by atoms with van der Waals surface area (Å²) in [4.78, 5) is 4.22. The van der Waals surface area contributed by atoms with Crippen LogP contribution in [0.3, 0.4) is 0 Å². The molecule has 2 aromatic rings. The number of benzene rings is 1. The van der Waals surface area contributed by atoms with Gasteiger partial charge in [0.2, 0.25) is 0 Å². The highest BCUT2D eigenvalue weighted by Crippen LogP contribution is 1.94. The third kappa shape index (κ3) is 5.01. The smallest absolute Gasteiger partial charge is 0.0583 e. The summed E-state index contributed by atoms with van der Waals surface area (Å²) < 4.78 is 0. The fraction of sp³-hybridized carbons (Fsp3) is 0.133. The van der Waals surface area contributed by atoms with Crippen molar-refractivity contribution < 1.29 is 0 Å². The zero-order valence-corrected chi connectivity index (χ0v) is 10.8. The van der Waals surface area contributed by atoms with Crippen molar-refractivity contribution in [2.45, 2.75) is 6.54 Å². The first-order valence-corrected chi connectivity index (χ1v) is 5.60. The summed E-state index contributed by atoms with van der Waals surface area (Å²) in [5.41, 5.74) is 2.08. The van der Waals surface area contributed by atoms with Crippen molar-refractivity contribution in [3.05, 3.63) is 66.0 Å². The van der Waals surface area contributed by atoms with Gasteiger partial charge in [-0.3, -0.25) is 4.98 Å². The Morgan fingerprint density at radius 2 is 1.78 bits per heavy atom. The zero-order valence-electron chi connectivity index (χ0n) is 9.97. The Morgan fingerprint density at radius 1 is 1.00 bits per heavy atom. The molecule has 3 heteroatoms. The summed E-state index contributed by atoms with van der Waals surface area (Å²) in [5, 5.41) is 3.24. The molecule has 0 saturated carbocycles. The molecule has 1 aromatic carbocycles. The van der Waals surface area contributed by atoms with Crippen molar-refractivity contribution in [1.29, 1.82) is 0 Å². The predicted molar refractivity (Wildman–Crippen MR) is 76.5 cm³/mol. The van der Waals surface area contributed by atoms with E-state index in [2.05, 4.69) is 22.1 Å². The van der Waals surface area contributed by atoms with E-state index in [0.29, 0.717) is 6.54 Å². The molecule has 0 fully saturated rings. The van der Waals surface area contributed by atoms with Gasteiger partial charge in [0, 0.05) is 18.3 Å². The van der Waals surface area contributed by atoms with Crippen molar-refractivity contribution in [3.8, 4) is 11.8 Å². The molecule has 0 unspecified atom stereocenters. The van der Waals surface area contributed by atoms with Gasteiger partial charge in [-0.2, -0.15) is 0 Å². The fourth-order valence-corrected chi connectivity index (χ4v) is 1.42. The van der Waals surface area contributed by atoms with Crippen LogP contribution in [0.1, 0.15) is 11.3 Å². The lowest BCUT2D eigenvalue weighted by molar-refractivity contribution is 0.749. The molecule has 0 aliphatic carbocycles. The first-order chi connectivity index (χ1) is 8.45. The number of hydrogen-bond donors (Lipinski definition) is 1. The standard InChI is InChI=1S/C15H14N2.ClH/c1-2-7-14(8-3-1)9-6-11-16-13-15-10-4-5-12-17-15;/h1-5,7-8,10,12,16H,11,13H2;1H. The maximum Gasteiger partial charge on any atom is 0.0583 e. The minimum Gasteiger partial charge on any atom is -0.301 e. The number of nitrogens with one attached hydrogen (secondary N) is 1. The third-order valence-corrected chi connectivity index (χ3v) is 2.25. The molecule has 1 heterocycles. The highest BCUT2D eigenvalue weighted by atomic mass is 35.5. The van der Waals surface area contributed by atoms with E-state index >= 15 is 0 Å². The van der Waals surface area contributed by atoms with Gasteiger partial charge >= 0.3 is 0 Å². The molecule has 2 rings (SSSR count). The van der Waals surface area contributed by atoms with Crippen LogP contribution in [0.25, 0.3) is 0 Å². The summed E-state index contributed by atoms with van der Waals surface area (Å²) in [6.07, 6.45) is 1.80. The van der Waals surface area contributed by atoms with Crippen molar-refractivity contribution in [1.82, 2.24) is 10.3 Å². The van der Waals surface area contributed by atoms with Crippen LogP contribution in [0.15, 0.2) is 54.7 Å². The fourth-order valence-electron chi connectivity index (χ4n) is 1.42. The Morgan fingerprint density at radius 3 is 2.50 bits per heavy atom. The number of halogens is 1. The van der Waals surface area contributed by atoms with E-state index in [-0.39, 0.29) is 12.4 Å². The predicted octanol–water partition coefficient (Wildman–Crippen LogP) is 2.64. The van der Waals surface area contributed by atoms with E-state index < -0.39 is 0 Å². The summed E-state index contributed by atoms with van der Waals surface area (Å²) in [6, 6.07) is 15.9. The molecule has 2 nitrogen and oxygen atoms in total. The molecule has 0 bridgehead atoms. The van der Waals surface area contributed by atoms with Gasteiger partial charge in [0.15, 0.2) is 0 Å². The van der Waals surface area contributed by atoms with Gasteiger partial charge in [0.05, 0.1) is 12.2 Å². The average molecular weight is 259 g/mol. The highest BCUT2D eigenvalue weighted by Gasteiger charge is 1.89. The Hall–Kier alpha value is -1.82. The Labute approximate surface area is 114 Å². The third-order valence-electron chi connectivity index (χ3n) is 2.25. The molecule has 0 aliphatic rings. The molecule has 1 N–H and O–H groups in total. The molecule has 92 valence electrons. The van der Waals surface area contributed by atoms with Crippen molar-refractivity contribution in [2.24, 2.45) is 0 Å². The molecule has 0 aliphatic heterocycles. The molecule has 0 spiro atoms. The SMILES string of the molecule is C(#Cc1ccccc1)CNCc1ccccn1.Cl. The summed E-state index contributed by atoms with van der Waals surface area (Å²) in [7, 11) is 0. The molecular weight excluding hydrogens is 244 g/mol.